The molecule has 0 aliphatic carbocycles. The number of hydrogen-bond acceptors (Lipinski definition) is 6. The summed E-state index contributed by atoms with van der Waals surface area (Å²) in [4.78, 5) is 12.1. The van der Waals surface area contributed by atoms with Crippen molar-refractivity contribution in [1.82, 2.24) is 0 Å². The van der Waals surface area contributed by atoms with Crippen molar-refractivity contribution in [3.63, 3.8) is 0 Å². The maximum atomic E-state index is 10.1. The maximum absolute atomic E-state index is 10.1. The summed E-state index contributed by atoms with van der Waals surface area (Å²) in [5, 5.41) is 25.0. The maximum Gasteiger partial charge on any atom is 1.00 e. The Kier molecular flexibility index (Phi) is 5.37. The first-order valence-electron chi connectivity index (χ1n) is 5.92. The molecule has 3 atom stereocenters. The van der Waals surface area contributed by atoms with Gasteiger partial charge in [0.15, 0.2) is 5.84 Å². The van der Waals surface area contributed by atoms with Crippen LogP contribution in [0.5, 0.6) is 0 Å². The SMILES string of the molecule is CC1=NC2=NC(=N)C(C)CC2(N=NO[O-])CC1C.[Na+]. The van der Waals surface area contributed by atoms with Gasteiger partial charge in [-0.2, -0.15) is 0 Å². The number of hydrogen-bond donors (Lipinski definition) is 1. The van der Waals surface area contributed by atoms with Crippen LogP contribution in [-0.2, 0) is 4.99 Å². The molecule has 0 amide bonds. The molecule has 19 heavy (non-hydrogen) atoms. The molecular weight excluding hydrogens is 257 g/mol. The van der Waals surface area contributed by atoms with Crippen LogP contribution in [0.1, 0.15) is 33.6 Å². The van der Waals surface area contributed by atoms with E-state index in [9.17, 15) is 5.26 Å². The van der Waals surface area contributed by atoms with Crippen LogP contribution in [0.3, 0.4) is 0 Å². The van der Waals surface area contributed by atoms with Gasteiger partial charge in [-0.05, 0) is 25.7 Å². The summed E-state index contributed by atoms with van der Waals surface area (Å²) < 4.78 is 0. The summed E-state index contributed by atoms with van der Waals surface area (Å²) in [7, 11) is 0. The van der Waals surface area contributed by atoms with Crippen LogP contribution >= 0.6 is 0 Å². The van der Waals surface area contributed by atoms with Gasteiger partial charge in [0.2, 0.25) is 0 Å². The third kappa shape index (κ3) is 3.10. The van der Waals surface area contributed by atoms with Gasteiger partial charge in [0.25, 0.3) is 0 Å². The summed E-state index contributed by atoms with van der Waals surface area (Å²) in [5.74, 6) is 0.987. The molecule has 0 aromatic carbocycles. The van der Waals surface area contributed by atoms with Crippen molar-refractivity contribution in [2.24, 2.45) is 32.2 Å². The fourth-order valence-electron chi connectivity index (χ4n) is 2.48. The van der Waals surface area contributed by atoms with E-state index in [1.54, 1.807) is 0 Å². The van der Waals surface area contributed by atoms with E-state index in [0.29, 0.717) is 24.5 Å². The summed E-state index contributed by atoms with van der Waals surface area (Å²) in [6.45, 7) is 5.89. The molecule has 2 aliphatic heterocycles. The number of rotatable bonds is 2. The standard InChI is InChI=1S/C11H17N5O2.Na/c1-6-4-11(15-16-18-17)5-7(2)9(12)14-10(11)13-8(6)3;/h6-7,12,17H,4-5H2,1-3H3;/q;+1/p-1. The summed E-state index contributed by atoms with van der Waals surface area (Å²) >= 11 is 0. The minimum absolute atomic E-state index is 0. The van der Waals surface area contributed by atoms with Crippen LogP contribution in [0, 0.1) is 17.2 Å². The number of nitrogens with zero attached hydrogens (tertiary/aromatic N) is 4. The second-order valence-corrected chi connectivity index (χ2v) is 5.07. The first-order valence-corrected chi connectivity index (χ1v) is 5.92. The molecule has 0 radical (unpaired) electrons. The number of nitrogens with one attached hydrogen (secondary N) is 1. The Morgan fingerprint density at radius 2 is 1.95 bits per heavy atom. The predicted molar refractivity (Wildman–Crippen MR) is 64.5 cm³/mol. The first-order chi connectivity index (χ1) is 8.48. The molecule has 3 unspecified atom stereocenters. The molecule has 0 spiro atoms. The monoisotopic (exact) mass is 273 g/mol. The Labute approximate surface area is 134 Å². The van der Waals surface area contributed by atoms with Gasteiger partial charge in [-0.1, -0.05) is 13.8 Å². The van der Waals surface area contributed by atoms with Crippen LogP contribution in [0.15, 0.2) is 20.4 Å². The Morgan fingerprint density at radius 1 is 1.32 bits per heavy atom. The van der Waals surface area contributed by atoms with Crippen molar-refractivity contribution in [3.05, 3.63) is 0 Å². The predicted octanol–water partition coefficient (Wildman–Crippen LogP) is -1.70. The topological polar surface area (TPSA) is 106 Å². The summed E-state index contributed by atoms with van der Waals surface area (Å²) in [6.07, 6.45) is 1.27. The minimum atomic E-state index is -0.715. The van der Waals surface area contributed by atoms with Crippen LogP contribution in [0.25, 0.3) is 0 Å². The zero-order valence-electron chi connectivity index (χ0n) is 11.7. The van der Waals surface area contributed by atoms with Gasteiger partial charge in [-0.25, -0.2) is 9.98 Å². The first kappa shape index (κ1) is 16.4. The molecule has 0 bridgehead atoms. The number of amidine groups is 2. The van der Waals surface area contributed by atoms with E-state index in [0.717, 1.165) is 5.71 Å². The van der Waals surface area contributed by atoms with Crippen molar-refractivity contribution >= 4 is 17.4 Å². The van der Waals surface area contributed by atoms with Crippen LogP contribution in [0.4, 0.5) is 0 Å². The molecule has 0 fully saturated rings. The Balaban J connectivity index is 0.00000180. The minimum Gasteiger partial charge on any atom is -0.636 e. The quantitative estimate of drug-likeness (QED) is 0.280. The van der Waals surface area contributed by atoms with Crippen LogP contribution in [-0.4, -0.2) is 22.9 Å². The Morgan fingerprint density at radius 3 is 2.58 bits per heavy atom. The van der Waals surface area contributed by atoms with Crippen molar-refractivity contribution in [1.29, 1.82) is 5.41 Å². The number of aliphatic imine (C=N–C) groups is 2. The molecule has 98 valence electrons. The Bertz CT molecular complexity index is 462. The zero-order valence-corrected chi connectivity index (χ0v) is 13.7. The van der Waals surface area contributed by atoms with E-state index >= 15 is 0 Å². The molecular formula is C11H16N5NaO2. The van der Waals surface area contributed by atoms with E-state index in [1.807, 2.05) is 13.8 Å². The fraction of sp³-hybridized carbons (Fsp3) is 0.727. The third-order valence-electron chi connectivity index (χ3n) is 3.66. The number of fused-ring (bicyclic) bond motifs is 1. The van der Waals surface area contributed by atoms with Crippen molar-refractivity contribution in [2.45, 2.75) is 39.2 Å². The molecule has 8 heteroatoms. The molecule has 7 nitrogen and oxygen atoms in total. The van der Waals surface area contributed by atoms with E-state index in [4.69, 9.17) is 5.41 Å². The van der Waals surface area contributed by atoms with Gasteiger partial charge in [-0.15, -0.1) is 5.11 Å². The fourth-order valence-corrected chi connectivity index (χ4v) is 2.48. The molecule has 2 rings (SSSR count). The van der Waals surface area contributed by atoms with E-state index in [1.165, 1.54) is 0 Å². The smallest absolute Gasteiger partial charge is 0.636 e. The van der Waals surface area contributed by atoms with E-state index < -0.39 is 5.54 Å². The van der Waals surface area contributed by atoms with Gasteiger partial charge in [0.1, 0.15) is 11.4 Å². The van der Waals surface area contributed by atoms with Gasteiger partial charge in [-0.3, -0.25) is 5.41 Å². The van der Waals surface area contributed by atoms with Gasteiger partial charge in [0, 0.05) is 16.9 Å². The molecule has 0 saturated carbocycles. The van der Waals surface area contributed by atoms with Crippen LogP contribution < -0.4 is 34.8 Å². The largest absolute Gasteiger partial charge is 1.00 e. The van der Waals surface area contributed by atoms with E-state index in [-0.39, 0.29) is 41.4 Å². The third-order valence-corrected chi connectivity index (χ3v) is 3.66. The molecule has 0 saturated heterocycles. The normalized spacial score (nSPS) is 34.2. The zero-order chi connectivity index (χ0) is 13.3. The average molecular weight is 273 g/mol. The molecule has 0 aromatic rings. The van der Waals surface area contributed by atoms with E-state index in [2.05, 4.69) is 32.3 Å². The molecule has 1 N–H and O–H groups in total. The average Bonchev–Trinajstić information content (AvgIpc) is 2.32. The molecule has 2 aliphatic rings. The van der Waals surface area contributed by atoms with Gasteiger partial charge in [0.05, 0.1) is 0 Å². The van der Waals surface area contributed by atoms with Crippen molar-refractivity contribution < 1.29 is 39.8 Å². The molecule has 2 heterocycles. The summed E-state index contributed by atoms with van der Waals surface area (Å²) in [5.41, 5.74) is 0.248. The van der Waals surface area contributed by atoms with Gasteiger partial charge < -0.3 is 10.2 Å². The van der Waals surface area contributed by atoms with Crippen molar-refractivity contribution in [2.75, 3.05) is 0 Å². The molecule has 0 aromatic heterocycles. The second kappa shape index (κ2) is 6.21. The summed E-state index contributed by atoms with van der Waals surface area (Å²) in [6, 6.07) is 0. The van der Waals surface area contributed by atoms with Crippen molar-refractivity contribution in [3.8, 4) is 0 Å². The second-order valence-electron chi connectivity index (χ2n) is 5.07. The van der Waals surface area contributed by atoms with Crippen LogP contribution in [0.2, 0.25) is 0 Å². The Hall–Kier alpha value is -0.630. The van der Waals surface area contributed by atoms with Gasteiger partial charge >= 0.3 is 29.6 Å².